The minimum atomic E-state index is -0.584. The molecule has 0 saturated carbocycles. The first-order valence-electron chi connectivity index (χ1n) is 11.1. The van der Waals surface area contributed by atoms with Crippen molar-refractivity contribution in [2.24, 2.45) is 5.92 Å². The van der Waals surface area contributed by atoms with Gasteiger partial charge in [0.1, 0.15) is 5.82 Å². The average molecular weight is 409 g/mol. The second-order valence-electron chi connectivity index (χ2n) is 8.59. The van der Waals surface area contributed by atoms with Gasteiger partial charge in [-0.25, -0.2) is 4.79 Å². The summed E-state index contributed by atoms with van der Waals surface area (Å²) in [5.41, 5.74) is 5.28. The van der Waals surface area contributed by atoms with Crippen molar-refractivity contribution in [2.75, 3.05) is 36.8 Å². The van der Waals surface area contributed by atoms with E-state index in [4.69, 9.17) is 5.73 Å². The topological polar surface area (TPSA) is 106 Å². The maximum atomic E-state index is 13.2. The Labute approximate surface area is 173 Å². The fourth-order valence-electron chi connectivity index (χ4n) is 3.95. The molecule has 0 unspecified atom stereocenters. The van der Waals surface area contributed by atoms with Gasteiger partial charge in [-0.15, -0.1) is 0 Å². The van der Waals surface area contributed by atoms with Crippen LogP contribution in [-0.2, 0) is 11.3 Å². The molecule has 4 N–H and O–H groups in total. The lowest BCUT2D eigenvalue weighted by molar-refractivity contribution is -0.892. The van der Waals surface area contributed by atoms with E-state index in [0.717, 1.165) is 38.8 Å². The summed E-state index contributed by atoms with van der Waals surface area (Å²) in [7, 11) is 0. The number of likely N-dealkylation sites (tertiary alicyclic amines) is 1. The van der Waals surface area contributed by atoms with E-state index in [9.17, 15) is 14.4 Å². The second-order valence-corrected chi connectivity index (χ2v) is 8.59. The summed E-state index contributed by atoms with van der Waals surface area (Å²) < 4.78 is 1.37. The summed E-state index contributed by atoms with van der Waals surface area (Å²) in [6.07, 6.45) is 7.60. The van der Waals surface area contributed by atoms with Gasteiger partial charge in [-0.1, -0.05) is 33.6 Å². The van der Waals surface area contributed by atoms with E-state index in [2.05, 4.69) is 4.98 Å². The van der Waals surface area contributed by atoms with Crippen molar-refractivity contribution in [3.63, 3.8) is 0 Å². The van der Waals surface area contributed by atoms with Crippen LogP contribution in [0, 0.1) is 5.92 Å². The normalized spacial score (nSPS) is 15.9. The predicted octanol–water partition coefficient (Wildman–Crippen LogP) is 0.757. The molecule has 164 valence electrons. The summed E-state index contributed by atoms with van der Waals surface area (Å²) in [5.74, 6) is 0.166. The van der Waals surface area contributed by atoms with E-state index in [1.807, 2.05) is 20.8 Å². The summed E-state index contributed by atoms with van der Waals surface area (Å²) in [6, 6.07) is 0. The third kappa shape index (κ3) is 6.45. The van der Waals surface area contributed by atoms with Crippen molar-refractivity contribution in [2.45, 2.75) is 72.3 Å². The molecule has 1 aliphatic rings. The molecule has 0 aromatic carbocycles. The van der Waals surface area contributed by atoms with E-state index >= 15 is 0 Å². The number of hydrogen-bond donors (Lipinski definition) is 3. The number of quaternary nitrogens is 1. The van der Waals surface area contributed by atoms with Gasteiger partial charge in [0.2, 0.25) is 0 Å². The van der Waals surface area contributed by atoms with E-state index in [-0.39, 0.29) is 23.3 Å². The highest BCUT2D eigenvalue weighted by Gasteiger charge is 2.27. The zero-order valence-electron chi connectivity index (χ0n) is 18.3. The quantitative estimate of drug-likeness (QED) is 0.590. The molecule has 2 rings (SSSR count). The lowest BCUT2D eigenvalue weighted by atomic mass is 10.1. The van der Waals surface area contributed by atoms with E-state index in [1.165, 1.54) is 33.6 Å². The van der Waals surface area contributed by atoms with E-state index in [1.54, 1.807) is 0 Å². The van der Waals surface area contributed by atoms with Crippen molar-refractivity contribution in [3.05, 3.63) is 20.8 Å². The molecule has 29 heavy (non-hydrogen) atoms. The average Bonchev–Trinajstić information content (AvgIpc) is 2.63. The van der Waals surface area contributed by atoms with Gasteiger partial charge in [0.05, 0.1) is 13.1 Å². The van der Waals surface area contributed by atoms with Gasteiger partial charge in [-0.2, -0.15) is 0 Å². The number of hydrogen-bond acceptors (Lipinski definition) is 4. The number of aromatic nitrogens is 2. The van der Waals surface area contributed by atoms with Crippen LogP contribution < -0.4 is 26.8 Å². The highest BCUT2D eigenvalue weighted by atomic mass is 16.2. The standard InChI is InChI=1S/C21H37N5O3/c1-4-5-13-25(17(27)15-24-11-9-7-6-8-10-12-24)18-19(22)26(14-16(2)3)21(29)23-20(18)28/h16H,4-15,22H2,1-3H3,(H,23,28,29)/p+1. The number of carbonyl (C=O) groups is 1. The minimum Gasteiger partial charge on any atom is -0.383 e. The van der Waals surface area contributed by atoms with Crippen LogP contribution in [0.1, 0.15) is 65.7 Å². The molecule has 2 heterocycles. The first-order chi connectivity index (χ1) is 13.8. The number of unbranched alkanes of at least 4 members (excludes halogenated alkanes) is 1. The van der Waals surface area contributed by atoms with Gasteiger partial charge in [0.25, 0.3) is 11.5 Å². The second kappa shape index (κ2) is 11.2. The van der Waals surface area contributed by atoms with Crippen LogP contribution >= 0.6 is 0 Å². The van der Waals surface area contributed by atoms with Gasteiger partial charge in [-0.3, -0.25) is 24.0 Å². The van der Waals surface area contributed by atoms with E-state index in [0.29, 0.717) is 19.6 Å². The summed E-state index contributed by atoms with van der Waals surface area (Å²) in [4.78, 5) is 43.3. The summed E-state index contributed by atoms with van der Waals surface area (Å²) >= 11 is 0. The number of nitrogens with zero attached hydrogens (tertiary/aromatic N) is 2. The number of rotatable bonds is 8. The lowest BCUT2D eigenvalue weighted by Gasteiger charge is -2.27. The molecule has 0 radical (unpaired) electrons. The van der Waals surface area contributed by atoms with Gasteiger partial charge in [-0.05, 0) is 38.0 Å². The number of nitrogens with two attached hydrogens (primary N) is 1. The van der Waals surface area contributed by atoms with Crippen LogP contribution in [0.2, 0.25) is 0 Å². The maximum absolute atomic E-state index is 13.2. The number of H-pyrrole nitrogens is 1. The number of amides is 1. The molecule has 1 amide bonds. The first kappa shape index (κ1) is 23.2. The van der Waals surface area contributed by atoms with Crippen LogP contribution in [0.15, 0.2) is 9.59 Å². The van der Waals surface area contributed by atoms with Crippen molar-refractivity contribution in [1.29, 1.82) is 0 Å². The van der Waals surface area contributed by atoms with Crippen molar-refractivity contribution in [3.8, 4) is 0 Å². The molecule has 8 heteroatoms. The van der Waals surface area contributed by atoms with Crippen LogP contribution in [0.25, 0.3) is 0 Å². The summed E-state index contributed by atoms with van der Waals surface area (Å²) in [6.45, 7) is 9.12. The highest BCUT2D eigenvalue weighted by molar-refractivity contribution is 5.96. The lowest BCUT2D eigenvalue weighted by Crippen LogP contribution is -3.13. The Bertz CT molecular complexity index is 776. The van der Waals surface area contributed by atoms with Crippen molar-refractivity contribution < 1.29 is 9.69 Å². The molecule has 0 aliphatic carbocycles. The zero-order chi connectivity index (χ0) is 21.4. The number of anilines is 2. The number of nitrogen functional groups attached to an aromatic ring is 1. The van der Waals surface area contributed by atoms with Gasteiger partial charge >= 0.3 is 5.69 Å². The maximum Gasteiger partial charge on any atom is 0.330 e. The van der Waals surface area contributed by atoms with Crippen molar-refractivity contribution >= 4 is 17.4 Å². The van der Waals surface area contributed by atoms with Crippen LogP contribution in [0.4, 0.5) is 11.5 Å². The largest absolute Gasteiger partial charge is 0.383 e. The van der Waals surface area contributed by atoms with Crippen LogP contribution in [0.3, 0.4) is 0 Å². The number of carbonyl (C=O) groups excluding carboxylic acids is 1. The smallest absolute Gasteiger partial charge is 0.330 e. The molecule has 0 bridgehead atoms. The Kier molecular flexibility index (Phi) is 8.95. The Morgan fingerprint density at radius 1 is 1.17 bits per heavy atom. The molecule has 1 aromatic rings. The third-order valence-corrected chi connectivity index (χ3v) is 5.53. The predicted molar refractivity (Wildman–Crippen MR) is 116 cm³/mol. The van der Waals surface area contributed by atoms with Crippen LogP contribution in [0.5, 0.6) is 0 Å². The Morgan fingerprint density at radius 2 is 1.79 bits per heavy atom. The van der Waals surface area contributed by atoms with Crippen molar-refractivity contribution in [1.82, 2.24) is 9.55 Å². The van der Waals surface area contributed by atoms with Crippen LogP contribution in [-0.4, -0.2) is 41.6 Å². The van der Waals surface area contributed by atoms with Gasteiger partial charge in [0.15, 0.2) is 12.2 Å². The van der Waals surface area contributed by atoms with Gasteiger partial charge < -0.3 is 10.6 Å². The first-order valence-corrected chi connectivity index (χ1v) is 11.1. The Balaban J connectivity index is 2.34. The molecule has 1 saturated heterocycles. The zero-order valence-corrected chi connectivity index (χ0v) is 18.3. The minimum absolute atomic E-state index is 0.0829. The Morgan fingerprint density at radius 3 is 2.38 bits per heavy atom. The van der Waals surface area contributed by atoms with E-state index < -0.39 is 11.2 Å². The molecule has 1 aromatic heterocycles. The molecule has 1 aliphatic heterocycles. The molecular weight excluding hydrogens is 370 g/mol. The molecule has 1 fully saturated rings. The summed E-state index contributed by atoms with van der Waals surface area (Å²) in [5, 5.41) is 0. The third-order valence-electron chi connectivity index (χ3n) is 5.53. The molecular formula is C21H38N5O3+. The fourth-order valence-corrected chi connectivity index (χ4v) is 3.95. The fraction of sp³-hybridized carbons (Fsp3) is 0.762. The SMILES string of the molecule is CCCCN(C(=O)C[NH+]1CCCCCCC1)c1c(N)n(CC(C)C)c(=O)[nH]c1=O. The Hall–Kier alpha value is -2.09. The van der Waals surface area contributed by atoms with Gasteiger partial charge in [0, 0.05) is 13.1 Å². The number of nitrogens with one attached hydrogen (secondary N) is 2. The molecule has 0 spiro atoms. The highest BCUT2D eigenvalue weighted by Crippen LogP contribution is 2.18. The number of aromatic amines is 1. The monoisotopic (exact) mass is 408 g/mol. The molecule has 8 nitrogen and oxygen atoms in total. The molecule has 0 atom stereocenters.